The first-order valence-corrected chi connectivity index (χ1v) is 5.10. The van der Waals surface area contributed by atoms with Gasteiger partial charge in [0.05, 0.1) is 6.10 Å². The largest absolute Gasteiger partial charge is 0.391 e. The summed E-state index contributed by atoms with van der Waals surface area (Å²) in [5, 5.41) is 10.1. The number of hydrogen-bond acceptors (Lipinski definition) is 3. The summed E-state index contributed by atoms with van der Waals surface area (Å²) in [6.07, 6.45) is -0.254. The van der Waals surface area contributed by atoms with Crippen LogP contribution in [0.1, 0.15) is 6.92 Å². The van der Waals surface area contributed by atoms with Crippen LogP contribution < -0.4 is 4.90 Å². The number of aliphatic hydroxyl groups excluding tert-OH is 1. The minimum absolute atomic E-state index is 0.254. The molecule has 0 aromatic carbocycles. The number of hydrogen-bond donors (Lipinski definition) is 1. The van der Waals surface area contributed by atoms with Crippen LogP contribution in [0.15, 0.2) is 18.2 Å². The van der Waals surface area contributed by atoms with Gasteiger partial charge in [0.25, 0.3) is 0 Å². The lowest BCUT2D eigenvalue weighted by molar-refractivity contribution is 0.157. The van der Waals surface area contributed by atoms with Gasteiger partial charge in [-0.15, -0.1) is 0 Å². The summed E-state index contributed by atoms with van der Waals surface area (Å²) in [5.74, 6) is 1.15. The monoisotopic (exact) mass is 212 g/mol. The van der Waals surface area contributed by atoms with Crippen molar-refractivity contribution in [3.05, 3.63) is 23.4 Å². The van der Waals surface area contributed by atoms with Crippen LogP contribution in [-0.4, -0.2) is 29.3 Å². The van der Waals surface area contributed by atoms with Gasteiger partial charge in [0.1, 0.15) is 11.0 Å². The van der Waals surface area contributed by atoms with Gasteiger partial charge in [-0.3, -0.25) is 0 Å². The van der Waals surface area contributed by atoms with Gasteiger partial charge in [0, 0.05) is 19.0 Å². The van der Waals surface area contributed by atoms with Gasteiger partial charge in [0.15, 0.2) is 0 Å². The Labute approximate surface area is 88.3 Å². The van der Waals surface area contributed by atoms with Crippen molar-refractivity contribution in [3.8, 4) is 0 Å². The lowest BCUT2D eigenvalue weighted by atomic mass is 10.1. The molecule has 4 heteroatoms. The summed E-state index contributed by atoms with van der Waals surface area (Å²) < 4.78 is 0. The highest BCUT2D eigenvalue weighted by Crippen LogP contribution is 2.23. The van der Waals surface area contributed by atoms with Crippen molar-refractivity contribution in [2.24, 2.45) is 5.92 Å². The molecule has 2 heterocycles. The summed E-state index contributed by atoms with van der Waals surface area (Å²) >= 11 is 5.80. The topological polar surface area (TPSA) is 36.4 Å². The normalized spacial score (nSPS) is 26.9. The van der Waals surface area contributed by atoms with Crippen molar-refractivity contribution in [2.75, 3.05) is 18.0 Å². The van der Waals surface area contributed by atoms with Crippen molar-refractivity contribution >= 4 is 17.4 Å². The van der Waals surface area contributed by atoms with E-state index in [1.54, 1.807) is 6.07 Å². The molecule has 1 saturated heterocycles. The second kappa shape index (κ2) is 3.75. The molecule has 14 heavy (non-hydrogen) atoms. The van der Waals surface area contributed by atoms with Crippen molar-refractivity contribution in [1.82, 2.24) is 4.98 Å². The summed E-state index contributed by atoms with van der Waals surface area (Å²) in [5.41, 5.74) is 0. The molecule has 0 radical (unpaired) electrons. The third-order valence-corrected chi connectivity index (χ3v) is 2.81. The van der Waals surface area contributed by atoms with Gasteiger partial charge in [-0.2, -0.15) is 0 Å². The van der Waals surface area contributed by atoms with Crippen molar-refractivity contribution in [3.63, 3.8) is 0 Å². The molecule has 1 aliphatic rings. The van der Waals surface area contributed by atoms with E-state index in [0.29, 0.717) is 17.6 Å². The fourth-order valence-corrected chi connectivity index (χ4v) is 1.87. The number of halogens is 1. The van der Waals surface area contributed by atoms with Crippen LogP contribution in [0.4, 0.5) is 5.82 Å². The number of pyridine rings is 1. The summed E-state index contributed by atoms with van der Waals surface area (Å²) in [6.45, 7) is 3.53. The SMILES string of the molecule is CC1CN(c2cccc(Cl)n2)CC1O. The summed E-state index contributed by atoms with van der Waals surface area (Å²) in [7, 11) is 0. The minimum Gasteiger partial charge on any atom is -0.391 e. The Hall–Kier alpha value is -0.800. The highest BCUT2D eigenvalue weighted by atomic mass is 35.5. The molecule has 76 valence electrons. The Balaban J connectivity index is 2.17. The predicted octanol–water partition coefficient (Wildman–Crippen LogP) is 1.55. The Kier molecular flexibility index (Phi) is 2.61. The average molecular weight is 213 g/mol. The molecule has 2 unspecified atom stereocenters. The van der Waals surface area contributed by atoms with Crippen LogP contribution in [0.2, 0.25) is 5.15 Å². The maximum absolute atomic E-state index is 9.60. The number of aromatic nitrogens is 1. The molecular formula is C10H13ClN2O. The van der Waals surface area contributed by atoms with Crippen molar-refractivity contribution in [2.45, 2.75) is 13.0 Å². The second-order valence-electron chi connectivity index (χ2n) is 3.77. The van der Waals surface area contributed by atoms with E-state index in [1.165, 1.54) is 0 Å². The van der Waals surface area contributed by atoms with Gasteiger partial charge in [-0.05, 0) is 12.1 Å². The van der Waals surface area contributed by atoms with E-state index in [4.69, 9.17) is 11.6 Å². The highest BCUT2D eigenvalue weighted by molar-refractivity contribution is 6.29. The molecule has 0 amide bonds. The van der Waals surface area contributed by atoms with E-state index in [1.807, 2.05) is 19.1 Å². The fourth-order valence-electron chi connectivity index (χ4n) is 1.71. The molecule has 3 nitrogen and oxygen atoms in total. The molecule has 0 aliphatic carbocycles. The zero-order valence-electron chi connectivity index (χ0n) is 8.02. The molecule has 0 spiro atoms. The van der Waals surface area contributed by atoms with Crippen LogP contribution in [0, 0.1) is 5.92 Å². The predicted molar refractivity (Wildman–Crippen MR) is 56.6 cm³/mol. The second-order valence-corrected chi connectivity index (χ2v) is 4.16. The molecule has 1 fully saturated rings. The Morgan fingerprint density at radius 1 is 1.50 bits per heavy atom. The zero-order valence-corrected chi connectivity index (χ0v) is 8.78. The first kappa shape index (κ1) is 9.74. The van der Waals surface area contributed by atoms with E-state index in [0.717, 1.165) is 12.4 Å². The lowest BCUT2D eigenvalue weighted by Gasteiger charge is -2.16. The molecule has 0 saturated carbocycles. The number of aliphatic hydroxyl groups is 1. The van der Waals surface area contributed by atoms with Crippen LogP contribution in [0.25, 0.3) is 0 Å². The average Bonchev–Trinajstić information content (AvgIpc) is 2.47. The van der Waals surface area contributed by atoms with Crippen LogP contribution in [0.5, 0.6) is 0 Å². The smallest absolute Gasteiger partial charge is 0.131 e. The molecule has 1 N–H and O–H groups in total. The molecule has 1 aromatic rings. The van der Waals surface area contributed by atoms with Gasteiger partial charge in [-0.1, -0.05) is 24.6 Å². The number of anilines is 1. The quantitative estimate of drug-likeness (QED) is 0.718. The van der Waals surface area contributed by atoms with Crippen LogP contribution in [-0.2, 0) is 0 Å². The van der Waals surface area contributed by atoms with Crippen LogP contribution >= 0.6 is 11.6 Å². The summed E-state index contributed by atoms with van der Waals surface area (Å²) in [6, 6.07) is 5.54. The molecule has 1 aliphatic heterocycles. The van der Waals surface area contributed by atoms with E-state index >= 15 is 0 Å². The number of rotatable bonds is 1. The minimum atomic E-state index is -0.254. The maximum atomic E-state index is 9.60. The van der Waals surface area contributed by atoms with Gasteiger partial charge in [0.2, 0.25) is 0 Å². The molecule has 0 bridgehead atoms. The van der Waals surface area contributed by atoms with Crippen LogP contribution in [0.3, 0.4) is 0 Å². The third kappa shape index (κ3) is 1.83. The molecular weight excluding hydrogens is 200 g/mol. The third-order valence-electron chi connectivity index (χ3n) is 2.60. The van der Waals surface area contributed by atoms with Gasteiger partial charge in [-0.25, -0.2) is 4.98 Å². The van der Waals surface area contributed by atoms with E-state index in [-0.39, 0.29) is 6.10 Å². The Bertz CT molecular complexity index is 322. The first-order chi connectivity index (χ1) is 6.66. The van der Waals surface area contributed by atoms with E-state index in [9.17, 15) is 5.11 Å². The first-order valence-electron chi connectivity index (χ1n) is 4.72. The Morgan fingerprint density at radius 3 is 2.86 bits per heavy atom. The maximum Gasteiger partial charge on any atom is 0.131 e. The van der Waals surface area contributed by atoms with Crippen molar-refractivity contribution in [1.29, 1.82) is 0 Å². The lowest BCUT2D eigenvalue weighted by Crippen LogP contribution is -2.22. The molecule has 2 rings (SSSR count). The summed E-state index contributed by atoms with van der Waals surface area (Å²) in [4.78, 5) is 6.26. The van der Waals surface area contributed by atoms with E-state index in [2.05, 4.69) is 9.88 Å². The number of nitrogens with zero attached hydrogens (tertiary/aromatic N) is 2. The van der Waals surface area contributed by atoms with Gasteiger partial charge < -0.3 is 10.0 Å². The fraction of sp³-hybridized carbons (Fsp3) is 0.500. The zero-order chi connectivity index (χ0) is 10.1. The molecule has 2 atom stereocenters. The standard InChI is InChI=1S/C10H13ClN2O/c1-7-5-13(6-8(7)14)10-4-2-3-9(11)12-10/h2-4,7-8,14H,5-6H2,1H3. The highest BCUT2D eigenvalue weighted by Gasteiger charge is 2.28. The van der Waals surface area contributed by atoms with E-state index < -0.39 is 0 Å². The van der Waals surface area contributed by atoms with Crippen molar-refractivity contribution < 1.29 is 5.11 Å². The molecule has 1 aromatic heterocycles. The Morgan fingerprint density at radius 2 is 2.29 bits per heavy atom. The number of β-amino-alcohol motifs (C(OH)–C–C–N with tert-alkyl or cyclic N) is 1. The van der Waals surface area contributed by atoms with Gasteiger partial charge >= 0.3 is 0 Å².